The van der Waals surface area contributed by atoms with Crippen molar-refractivity contribution in [3.8, 4) is 5.75 Å². The third-order valence-electron chi connectivity index (χ3n) is 1.52. The minimum absolute atomic E-state index is 0.0147. The van der Waals surface area contributed by atoms with E-state index in [-0.39, 0.29) is 5.75 Å². The summed E-state index contributed by atoms with van der Waals surface area (Å²) in [5, 5.41) is 11.5. The summed E-state index contributed by atoms with van der Waals surface area (Å²) in [6.07, 6.45) is 0.911. The van der Waals surface area contributed by atoms with E-state index in [1.54, 1.807) is 12.1 Å². The Labute approximate surface area is 91.5 Å². The minimum Gasteiger partial charge on any atom is -0.508 e. The largest absolute Gasteiger partial charge is 0.508 e. The van der Waals surface area contributed by atoms with Gasteiger partial charge in [0.1, 0.15) is 5.75 Å². The Balaban J connectivity index is 2.45. The molecular weight excluding hydrogens is 212 g/mol. The molecule has 0 saturated carbocycles. The number of anilines is 1. The standard InChI is InChI=1S/C10H10N2O4/c1-2-9(14)16-12-10(15)11-7-4-3-5-8(13)6-7/h2-6,13H,1H2,(H2,11,12,15). The molecule has 2 amide bonds. The molecule has 0 aliphatic carbocycles. The molecule has 0 aliphatic heterocycles. The van der Waals surface area contributed by atoms with E-state index in [2.05, 4.69) is 16.7 Å². The summed E-state index contributed by atoms with van der Waals surface area (Å²) in [6.45, 7) is 3.15. The predicted octanol–water partition coefficient (Wildman–Crippen LogP) is 1.16. The second kappa shape index (κ2) is 5.40. The van der Waals surface area contributed by atoms with Gasteiger partial charge in [-0.2, -0.15) is 5.48 Å². The molecule has 1 aromatic carbocycles. The zero-order chi connectivity index (χ0) is 12.0. The normalized spacial score (nSPS) is 9.00. The predicted molar refractivity (Wildman–Crippen MR) is 56.6 cm³/mol. The Morgan fingerprint density at radius 2 is 2.19 bits per heavy atom. The minimum atomic E-state index is -0.772. The number of carbonyl (C=O) groups excluding carboxylic acids is 2. The van der Waals surface area contributed by atoms with E-state index in [0.717, 1.165) is 6.08 Å². The van der Waals surface area contributed by atoms with E-state index in [1.165, 1.54) is 12.1 Å². The Hall–Kier alpha value is -2.50. The third kappa shape index (κ3) is 3.70. The number of nitrogens with one attached hydrogen (secondary N) is 2. The number of carbonyl (C=O) groups is 2. The van der Waals surface area contributed by atoms with Gasteiger partial charge >= 0.3 is 12.0 Å². The van der Waals surface area contributed by atoms with E-state index < -0.39 is 12.0 Å². The number of hydrogen-bond donors (Lipinski definition) is 3. The number of hydrogen-bond acceptors (Lipinski definition) is 4. The summed E-state index contributed by atoms with van der Waals surface area (Å²) in [4.78, 5) is 26.0. The number of aromatic hydroxyl groups is 1. The van der Waals surface area contributed by atoms with E-state index in [9.17, 15) is 9.59 Å². The van der Waals surface area contributed by atoms with Crippen molar-refractivity contribution in [2.24, 2.45) is 0 Å². The highest BCUT2D eigenvalue weighted by Gasteiger charge is 2.03. The van der Waals surface area contributed by atoms with Crippen molar-refractivity contribution < 1.29 is 19.5 Å². The van der Waals surface area contributed by atoms with Crippen molar-refractivity contribution in [2.75, 3.05) is 5.32 Å². The van der Waals surface area contributed by atoms with Gasteiger partial charge in [0.25, 0.3) is 0 Å². The Bertz CT molecular complexity index is 417. The lowest BCUT2D eigenvalue weighted by Crippen LogP contribution is -2.30. The van der Waals surface area contributed by atoms with Gasteiger partial charge in [-0.15, -0.1) is 0 Å². The van der Waals surface area contributed by atoms with Crippen LogP contribution in [0.5, 0.6) is 5.75 Å². The van der Waals surface area contributed by atoms with Crippen LogP contribution in [0.3, 0.4) is 0 Å². The fourth-order valence-corrected chi connectivity index (χ4v) is 0.879. The summed E-state index contributed by atoms with van der Waals surface area (Å²) < 4.78 is 0. The van der Waals surface area contributed by atoms with Crippen molar-refractivity contribution in [3.05, 3.63) is 36.9 Å². The van der Waals surface area contributed by atoms with Crippen LogP contribution in [0.4, 0.5) is 10.5 Å². The molecule has 1 rings (SSSR count). The zero-order valence-electron chi connectivity index (χ0n) is 8.27. The summed E-state index contributed by atoms with van der Waals surface area (Å²) in [5.74, 6) is -0.757. The van der Waals surface area contributed by atoms with Crippen LogP contribution in [0.2, 0.25) is 0 Å². The molecule has 16 heavy (non-hydrogen) atoms. The van der Waals surface area contributed by atoms with E-state index >= 15 is 0 Å². The number of phenolic OH excluding ortho intramolecular Hbond substituents is 1. The van der Waals surface area contributed by atoms with Gasteiger partial charge in [-0.05, 0) is 12.1 Å². The molecule has 6 heteroatoms. The molecule has 6 nitrogen and oxygen atoms in total. The van der Waals surface area contributed by atoms with Gasteiger partial charge in [-0.3, -0.25) is 0 Å². The third-order valence-corrected chi connectivity index (χ3v) is 1.52. The number of urea groups is 1. The van der Waals surface area contributed by atoms with Crippen LogP contribution in [0, 0.1) is 0 Å². The highest BCUT2D eigenvalue weighted by Crippen LogP contribution is 2.14. The van der Waals surface area contributed by atoms with E-state index in [0.29, 0.717) is 5.69 Å². The summed E-state index contributed by atoms with van der Waals surface area (Å²) in [5.41, 5.74) is 2.22. The monoisotopic (exact) mass is 222 g/mol. The number of benzene rings is 1. The first-order chi connectivity index (χ1) is 7.61. The maximum Gasteiger partial charge on any atom is 0.355 e. The van der Waals surface area contributed by atoms with Gasteiger partial charge in [0.2, 0.25) is 0 Å². The molecule has 0 aliphatic rings. The van der Waals surface area contributed by atoms with E-state index in [4.69, 9.17) is 5.11 Å². The molecule has 0 unspecified atom stereocenters. The van der Waals surface area contributed by atoms with Gasteiger partial charge in [0.15, 0.2) is 0 Å². The maximum atomic E-state index is 11.1. The average Bonchev–Trinajstić information content (AvgIpc) is 2.26. The van der Waals surface area contributed by atoms with Gasteiger partial charge < -0.3 is 15.3 Å². The van der Waals surface area contributed by atoms with Crippen LogP contribution in [-0.4, -0.2) is 17.1 Å². The number of phenols is 1. The molecular formula is C10H10N2O4. The molecule has 1 aromatic rings. The second-order valence-electron chi connectivity index (χ2n) is 2.73. The lowest BCUT2D eigenvalue weighted by Gasteiger charge is -2.06. The van der Waals surface area contributed by atoms with Gasteiger partial charge in [-0.1, -0.05) is 12.6 Å². The van der Waals surface area contributed by atoms with Gasteiger partial charge in [-0.25, -0.2) is 9.59 Å². The van der Waals surface area contributed by atoms with E-state index in [1.807, 2.05) is 5.48 Å². The van der Waals surface area contributed by atoms with Crippen molar-refractivity contribution in [2.45, 2.75) is 0 Å². The summed E-state index contributed by atoms with van der Waals surface area (Å²) >= 11 is 0. The molecule has 0 aromatic heterocycles. The molecule has 0 fully saturated rings. The number of rotatable bonds is 2. The van der Waals surface area contributed by atoms with Crippen LogP contribution in [0.25, 0.3) is 0 Å². The van der Waals surface area contributed by atoms with Gasteiger partial charge in [0.05, 0.1) is 0 Å². The highest BCUT2D eigenvalue weighted by molar-refractivity contribution is 5.90. The molecule has 0 atom stereocenters. The molecule has 84 valence electrons. The van der Waals surface area contributed by atoms with Crippen molar-refractivity contribution >= 4 is 17.7 Å². The average molecular weight is 222 g/mol. The SMILES string of the molecule is C=CC(=O)ONC(=O)Nc1cccc(O)c1. The van der Waals surface area contributed by atoms with Crippen LogP contribution in [-0.2, 0) is 9.63 Å². The lowest BCUT2D eigenvalue weighted by atomic mass is 10.3. The zero-order valence-corrected chi connectivity index (χ0v) is 8.27. The molecule has 0 bridgehead atoms. The summed E-state index contributed by atoms with van der Waals surface area (Å²) in [7, 11) is 0. The summed E-state index contributed by atoms with van der Waals surface area (Å²) in [6, 6.07) is 5.19. The fourth-order valence-electron chi connectivity index (χ4n) is 0.879. The molecule has 3 N–H and O–H groups in total. The Morgan fingerprint density at radius 1 is 1.44 bits per heavy atom. The number of amides is 2. The quantitative estimate of drug-likeness (QED) is 0.517. The maximum absolute atomic E-state index is 11.1. The van der Waals surface area contributed by atoms with Crippen LogP contribution in [0.1, 0.15) is 0 Å². The molecule has 0 radical (unpaired) electrons. The fraction of sp³-hybridized carbons (Fsp3) is 0. The lowest BCUT2D eigenvalue weighted by molar-refractivity contribution is -0.142. The van der Waals surface area contributed by atoms with Crippen LogP contribution < -0.4 is 10.8 Å². The van der Waals surface area contributed by atoms with Crippen molar-refractivity contribution in [1.82, 2.24) is 5.48 Å². The molecule has 0 saturated heterocycles. The topological polar surface area (TPSA) is 87.7 Å². The molecule has 0 spiro atoms. The first-order valence-electron chi connectivity index (χ1n) is 4.31. The second-order valence-corrected chi connectivity index (χ2v) is 2.73. The highest BCUT2D eigenvalue weighted by atomic mass is 16.7. The first-order valence-corrected chi connectivity index (χ1v) is 4.31. The molecule has 0 heterocycles. The van der Waals surface area contributed by atoms with Crippen molar-refractivity contribution in [3.63, 3.8) is 0 Å². The number of hydroxylamine groups is 1. The Morgan fingerprint density at radius 3 is 2.81 bits per heavy atom. The first kappa shape index (κ1) is 11.6. The van der Waals surface area contributed by atoms with Crippen molar-refractivity contribution in [1.29, 1.82) is 0 Å². The van der Waals surface area contributed by atoms with Crippen LogP contribution in [0.15, 0.2) is 36.9 Å². The van der Waals surface area contributed by atoms with Crippen LogP contribution >= 0.6 is 0 Å². The Kier molecular flexibility index (Phi) is 3.90. The van der Waals surface area contributed by atoms with Gasteiger partial charge in [0, 0.05) is 17.8 Å². The smallest absolute Gasteiger partial charge is 0.355 e.